The highest BCUT2D eigenvalue weighted by molar-refractivity contribution is 6.18. The zero-order valence-corrected chi connectivity index (χ0v) is 11.8. The molecule has 3 heteroatoms. The SMILES string of the molecule is CCCCCCC(=O)NC1CCCCC1CCl. The van der Waals surface area contributed by atoms with Crippen LogP contribution in [0.3, 0.4) is 0 Å². The molecule has 0 aromatic heterocycles. The summed E-state index contributed by atoms with van der Waals surface area (Å²) in [6.45, 7) is 2.19. The number of carbonyl (C=O) groups is 1. The van der Waals surface area contributed by atoms with E-state index in [0.29, 0.717) is 24.3 Å². The lowest BCUT2D eigenvalue weighted by atomic mass is 9.85. The van der Waals surface area contributed by atoms with Gasteiger partial charge in [0.1, 0.15) is 0 Å². The summed E-state index contributed by atoms with van der Waals surface area (Å²) in [5, 5.41) is 3.17. The van der Waals surface area contributed by atoms with Crippen LogP contribution in [-0.4, -0.2) is 17.8 Å². The average Bonchev–Trinajstić information content (AvgIpc) is 2.35. The Bertz CT molecular complexity index is 220. The summed E-state index contributed by atoms with van der Waals surface area (Å²) in [6.07, 6.45) is 10.1. The van der Waals surface area contributed by atoms with Crippen LogP contribution in [0.2, 0.25) is 0 Å². The summed E-state index contributed by atoms with van der Waals surface area (Å²) in [5.41, 5.74) is 0. The summed E-state index contributed by atoms with van der Waals surface area (Å²) in [6, 6.07) is 0.333. The molecule has 100 valence electrons. The Kier molecular flexibility index (Phi) is 7.67. The third-order valence-corrected chi connectivity index (χ3v) is 4.11. The van der Waals surface area contributed by atoms with Crippen LogP contribution in [0, 0.1) is 5.92 Å². The van der Waals surface area contributed by atoms with Gasteiger partial charge in [-0.1, -0.05) is 39.0 Å². The Morgan fingerprint density at radius 2 is 2.00 bits per heavy atom. The van der Waals surface area contributed by atoms with Gasteiger partial charge in [0.15, 0.2) is 0 Å². The molecule has 1 aliphatic rings. The fraction of sp³-hybridized carbons (Fsp3) is 0.929. The first-order valence-electron chi connectivity index (χ1n) is 7.13. The van der Waals surface area contributed by atoms with Crippen LogP contribution in [0.25, 0.3) is 0 Å². The van der Waals surface area contributed by atoms with Crippen molar-refractivity contribution in [3.8, 4) is 0 Å². The lowest BCUT2D eigenvalue weighted by Crippen LogP contribution is -2.42. The predicted molar refractivity (Wildman–Crippen MR) is 73.4 cm³/mol. The van der Waals surface area contributed by atoms with Crippen LogP contribution in [-0.2, 0) is 4.79 Å². The minimum Gasteiger partial charge on any atom is -0.353 e. The highest BCUT2D eigenvalue weighted by Gasteiger charge is 2.25. The van der Waals surface area contributed by atoms with E-state index in [2.05, 4.69) is 12.2 Å². The van der Waals surface area contributed by atoms with E-state index in [9.17, 15) is 4.79 Å². The van der Waals surface area contributed by atoms with Crippen LogP contribution < -0.4 is 5.32 Å². The summed E-state index contributed by atoms with van der Waals surface area (Å²) >= 11 is 5.95. The number of carbonyl (C=O) groups excluding carboxylic acids is 1. The van der Waals surface area contributed by atoms with E-state index < -0.39 is 0 Å². The minimum absolute atomic E-state index is 0.225. The summed E-state index contributed by atoms with van der Waals surface area (Å²) in [4.78, 5) is 11.8. The van der Waals surface area contributed by atoms with Crippen LogP contribution in [0.5, 0.6) is 0 Å². The molecule has 1 N–H and O–H groups in total. The first-order valence-corrected chi connectivity index (χ1v) is 7.66. The second-order valence-corrected chi connectivity index (χ2v) is 5.49. The van der Waals surface area contributed by atoms with Crippen LogP contribution in [0.4, 0.5) is 0 Å². The molecule has 0 radical (unpaired) electrons. The molecule has 1 amide bonds. The number of hydrogen-bond acceptors (Lipinski definition) is 1. The van der Waals surface area contributed by atoms with E-state index in [0.717, 1.165) is 12.8 Å². The predicted octanol–water partition coefficient (Wildman–Crippen LogP) is 3.87. The molecule has 1 fully saturated rings. The van der Waals surface area contributed by atoms with Gasteiger partial charge in [-0.2, -0.15) is 0 Å². The van der Waals surface area contributed by atoms with Crippen molar-refractivity contribution in [1.82, 2.24) is 5.32 Å². The molecule has 17 heavy (non-hydrogen) atoms. The molecule has 0 saturated heterocycles. The van der Waals surface area contributed by atoms with Gasteiger partial charge in [0, 0.05) is 18.3 Å². The van der Waals surface area contributed by atoms with E-state index in [4.69, 9.17) is 11.6 Å². The molecule has 2 nitrogen and oxygen atoms in total. The van der Waals surface area contributed by atoms with Gasteiger partial charge in [-0.25, -0.2) is 0 Å². The van der Waals surface area contributed by atoms with Crippen LogP contribution >= 0.6 is 11.6 Å². The zero-order chi connectivity index (χ0) is 12.5. The molecule has 1 saturated carbocycles. The number of hydrogen-bond donors (Lipinski definition) is 1. The number of amides is 1. The van der Waals surface area contributed by atoms with Gasteiger partial charge in [0.05, 0.1) is 0 Å². The van der Waals surface area contributed by atoms with E-state index in [1.165, 1.54) is 38.5 Å². The Hall–Kier alpha value is -0.240. The lowest BCUT2D eigenvalue weighted by molar-refractivity contribution is -0.122. The molecule has 2 unspecified atom stereocenters. The second-order valence-electron chi connectivity index (χ2n) is 5.18. The van der Waals surface area contributed by atoms with Gasteiger partial charge in [-0.3, -0.25) is 4.79 Å². The molecule has 1 aliphatic carbocycles. The molecular weight excluding hydrogens is 234 g/mol. The largest absolute Gasteiger partial charge is 0.353 e. The van der Waals surface area contributed by atoms with Gasteiger partial charge in [0.25, 0.3) is 0 Å². The highest BCUT2D eigenvalue weighted by Crippen LogP contribution is 2.25. The Labute approximate surface area is 110 Å². The Morgan fingerprint density at radius 1 is 1.24 bits per heavy atom. The second kappa shape index (κ2) is 8.79. The maximum absolute atomic E-state index is 11.8. The molecule has 0 aromatic rings. The van der Waals surface area contributed by atoms with E-state index in [1.807, 2.05) is 0 Å². The molecule has 0 bridgehead atoms. The molecule has 0 heterocycles. The summed E-state index contributed by atoms with van der Waals surface area (Å²) in [7, 11) is 0. The van der Waals surface area contributed by atoms with Gasteiger partial charge < -0.3 is 5.32 Å². The topological polar surface area (TPSA) is 29.1 Å². The van der Waals surface area contributed by atoms with Gasteiger partial charge >= 0.3 is 0 Å². The molecule has 1 rings (SSSR count). The first kappa shape index (κ1) is 14.8. The average molecular weight is 260 g/mol. The number of alkyl halides is 1. The van der Waals surface area contributed by atoms with Gasteiger partial charge in [0.2, 0.25) is 5.91 Å². The molecule has 0 spiro atoms. The molecule has 0 aliphatic heterocycles. The standard InChI is InChI=1S/C14H26ClNO/c1-2-3-4-5-10-14(17)16-13-9-7-6-8-12(13)11-15/h12-13H,2-11H2,1H3,(H,16,17). The molecular formula is C14H26ClNO. The maximum atomic E-state index is 11.8. The van der Waals surface area contributed by atoms with Crippen molar-refractivity contribution in [2.75, 3.05) is 5.88 Å². The quantitative estimate of drug-likeness (QED) is 0.546. The number of halogens is 1. The smallest absolute Gasteiger partial charge is 0.220 e. The van der Waals surface area contributed by atoms with Crippen molar-refractivity contribution in [3.63, 3.8) is 0 Å². The van der Waals surface area contributed by atoms with Crippen molar-refractivity contribution in [2.24, 2.45) is 5.92 Å². The lowest BCUT2D eigenvalue weighted by Gasteiger charge is -2.30. The highest BCUT2D eigenvalue weighted by atomic mass is 35.5. The van der Waals surface area contributed by atoms with Crippen molar-refractivity contribution in [1.29, 1.82) is 0 Å². The normalized spacial score (nSPS) is 24.6. The first-order chi connectivity index (χ1) is 8.27. The van der Waals surface area contributed by atoms with Crippen LogP contribution in [0.15, 0.2) is 0 Å². The van der Waals surface area contributed by atoms with E-state index in [1.54, 1.807) is 0 Å². The van der Waals surface area contributed by atoms with Crippen molar-refractivity contribution in [2.45, 2.75) is 70.8 Å². The van der Waals surface area contributed by atoms with Gasteiger partial charge in [-0.15, -0.1) is 11.6 Å². The number of nitrogens with one attached hydrogen (secondary N) is 1. The summed E-state index contributed by atoms with van der Waals surface area (Å²) in [5.74, 6) is 1.40. The monoisotopic (exact) mass is 259 g/mol. The summed E-state index contributed by atoms with van der Waals surface area (Å²) < 4.78 is 0. The van der Waals surface area contributed by atoms with Crippen molar-refractivity contribution in [3.05, 3.63) is 0 Å². The van der Waals surface area contributed by atoms with Crippen molar-refractivity contribution < 1.29 is 4.79 Å². The fourth-order valence-electron chi connectivity index (χ4n) is 2.57. The third-order valence-electron chi connectivity index (χ3n) is 3.71. The Balaban J connectivity index is 2.19. The zero-order valence-electron chi connectivity index (χ0n) is 11.0. The molecule has 0 aromatic carbocycles. The number of unbranched alkanes of at least 4 members (excludes halogenated alkanes) is 3. The third kappa shape index (κ3) is 5.76. The van der Waals surface area contributed by atoms with E-state index in [-0.39, 0.29) is 5.91 Å². The minimum atomic E-state index is 0.225. The maximum Gasteiger partial charge on any atom is 0.220 e. The van der Waals surface area contributed by atoms with Crippen LogP contribution in [0.1, 0.15) is 64.7 Å². The number of rotatable bonds is 7. The van der Waals surface area contributed by atoms with Crippen molar-refractivity contribution >= 4 is 17.5 Å². The molecule has 2 atom stereocenters. The van der Waals surface area contributed by atoms with Gasteiger partial charge in [-0.05, 0) is 25.2 Å². The van der Waals surface area contributed by atoms with E-state index >= 15 is 0 Å². The fourth-order valence-corrected chi connectivity index (χ4v) is 2.94. The Morgan fingerprint density at radius 3 is 2.71 bits per heavy atom.